The molecule has 35 heavy (non-hydrogen) atoms. The number of aromatic nitrogens is 3. The second kappa shape index (κ2) is 10.6. The Morgan fingerprint density at radius 1 is 1.06 bits per heavy atom. The molecule has 186 valence electrons. The Balaban J connectivity index is 0.00000253. The van der Waals surface area contributed by atoms with Crippen molar-refractivity contribution in [1.82, 2.24) is 19.4 Å². The molecule has 8 heteroatoms. The molecule has 0 radical (unpaired) electrons. The van der Waals surface area contributed by atoms with E-state index in [1.165, 1.54) is 40.9 Å². The smallest absolute Gasteiger partial charge is 0.157 e. The Kier molecular flexibility index (Phi) is 7.37. The molecule has 4 aromatic rings. The highest BCUT2D eigenvalue weighted by Crippen LogP contribution is 2.38. The van der Waals surface area contributed by atoms with Gasteiger partial charge in [-0.2, -0.15) is 0 Å². The first kappa shape index (κ1) is 24.2. The van der Waals surface area contributed by atoms with E-state index in [0.717, 1.165) is 49.8 Å². The molecule has 2 fully saturated rings. The summed E-state index contributed by atoms with van der Waals surface area (Å²) in [5, 5.41) is 5.53. The summed E-state index contributed by atoms with van der Waals surface area (Å²) in [5.41, 5.74) is 3.67. The van der Waals surface area contributed by atoms with Gasteiger partial charge in [0.25, 0.3) is 0 Å². The second-order valence-electron chi connectivity index (χ2n) is 9.46. The topological polar surface area (TPSA) is 53.2 Å². The zero-order chi connectivity index (χ0) is 22.9. The lowest BCUT2D eigenvalue weighted by molar-refractivity contribution is 0.162. The van der Waals surface area contributed by atoms with Crippen LogP contribution in [0, 0.1) is 0 Å². The van der Waals surface area contributed by atoms with Gasteiger partial charge in [0.15, 0.2) is 5.82 Å². The van der Waals surface area contributed by atoms with Crippen LogP contribution in [-0.4, -0.2) is 39.9 Å². The molecule has 0 amide bonds. The van der Waals surface area contributed by atoms with Gasteiger partial charge in [-0.25, -0.2) is 4.98 Å². The third-order valence-electron chi connectivity index (χ3n) is 7.23. The van der Waals surface area contributed by atoms with Gasteiger partial charge in [-0.1, -0.05) is 6.42 Å². The van der Waals surface area contributed by atoms with Crippen LogP contribution in [0.15, 0.2) is 48.0 Å². The molecule has 1 saturated carbocycles. The Bertz CT molecular complexity index is 1250. The summed E-state index contributed by atoms with van der Waals surface area (Å²) in [6.45, 7) is 3.43. The fraction of sp³-hybridized carbons (Fsp3) is 0.444. The molecule has 0 unspecified atom stereocenters. The van der Waals surface area contributed by atoms with Crippen molar-refractivity contribution in [3.05, 3.63) is 53.7 Å². The third kappa shape index (κ3) is 5.08. The molecule has 6 nitrogen and oxygen atoms in total. The van der Waals surface area contributed by atoms with Crippen molar-refractivity contribution in [3.8, 4) is 23.0 Å². The number of hydrogen-bond donors (Lipinski definition) is 1. The minimum atomic E-state index is 0. The van der Waals surface area contributed by atoms with Gasteiger partial charge in [-0.3, -0.25) is 0 Å². The number of piperidine rings is 1. The number of rotatable bonds is 8. The molecule has 0 spiro atoms. The number of nitrogens with zero attached hydrogens (tertiary/aromatic N) is 3. The third-order valence-corrected chi connectivity index (χ3v) is 8.08. The Hall–Kier alpha value is -2.48. The lowest BCUT2D eigenvalue weighted by atomic mass is 9.83. The molecule has 1 aliphatic heterocycles. The van der Waals surface area contributed by atoms with Crippen molar-refractivity contribution in [1.29, 1.82) is 0 Å². The number of halogens is 1. The maximum atomic E-state index is 6.11. The number of thiophene rings is 1. The van der Waals surface area contributed by atoms with Gasteiger partial charge < -0.3 is 23.9 Å². The average molecular weight is 513 g/mol. The average Bonchev–Trinajstić information content (AvgIpc) is 3.51. The van der Waals surface area contributed by atoms with Gasteiger partial charge in [0.2, 0.25) is 0 Å². The molecule has 2 aliphatic rings. The molecule has 3 aromatic heterocycles. The maximum absolute atomic E-state index is 6.11. The fourth-order valence-corrected chi connectivity index (χ4v) is 5.81. The standard InChI is InChI=1S/C27H32N4O2S.ClH/c1-30-24-11-16-34-26(24)17-25(30)27-29-23(19-3-2-4-19)18-31(27)14-15-32-20-5-7-21(8-6-20)33-22-9-12-28-13-10-22;/h5-8,11,16-19,22,28H,2-4,9-10,12-15H2,1H3;1H. The fourth-order valence-electron chi connectivity index (χ4n) is 4.96. The van der Waals surface area contributed by atoms with E-state index in [1.54, 1.807) is 11.3 Å². The lowest BCUT2D eigenvalue weighted by Gasteiger charge is -2.23. The van der Waals surface area contributed by atoms with Crippen LogP contribution in [0.3, 0.4) is 0 Å². The van der Waals surface area contributed by atoms with E-state index in [4.69, 9.17) is 14.5 Å². The number of imidazole rings is 1. The molecular formula is C27H33ClN4O2S. The number of aryl methyl sites for hydroxylation is 1. The number of fused-ring (bicyclic) bond motifs is 1. The van der Waals surface area contributed by atoms with Gasteiger partial charge in [0, 0.05) is 19.2 Å². The minimum Gasteiger partial charge on any atom is -0.492 e. The van der Waals surface area contributed by atoms with Crippen molar-refractivity contribution < 1.29 is 9.47 Å². The molecule has 4 heterocycles. The molecule has 0 atom stereocenters. The number of hydrogen-bond acceptors (Lipinski definition) is 5. The van der Waals surface area contributed by atoms with Gasteiger partial charge in [-0.15, -0.1) is 23.7 Å². The van der Waals surface area contributed by atoms with E-state index in [0.29, 0.717) is 18.6 Å². The van der Waals surface area contributed by atoms with Gasteiger partial charge in [-0.05, 0) is 80.6 Å². The quantitative estimate of drug-likeness (QED) is 0.314. The highest BCUT2D eigenvalue weighted by Gasteiger charge is 2.25. The van der Waals surface area contributed by atoms with E-state index in [2.05, 4.69) is 45.2 Å². The van der Waals surface area contributed by atoms with E-state index in [-0.39, 0.29) is 12.4 Å². The molecular weight excluding hydrogens is 480 g/mol. The van der Waals surface area contributed by atoms with Crippen LogP contribution in [0.4, 0.5) is 0 Å². The van der Waals surface area contributed by atoms with Gasteiger partial charge >= 0.3 is 0 Å². The van der Waals surface area contributed by atoms with Crippen LogP contribution in [0.5, 0.6) is 11.5 Å². The maximum Gasteiger partial charge on any atom is 0.157 e. The van der Waals surface area contributed by atoms with E-state index >= 15 is 0 Å². The Morgan fingerprint density at radius 2 is 1.83 bits per heavy atom. The largest absolute Gasteiger partial charge is 0.492 e. The summed E-state index contributed by atoms with van der Waals surface area (Å²) >= 11 is 1.78. The van der Waals surface area contributed by atoms with E-state index in [9.17, 15) is 0 Å². The normalized spacial score (nSPS) is 16.7. The highest BCUT2D eigenvalue weighted by molar-refractivity contribution is 7.17. The van der Waals surface area contributed by atoms with Crippen LogP contribution < -0.4 is 14.8 Å². The zero-order valence-corrected chi connectivity index (χ0v) is 21.7. The number of ether oxygens (including phenoxy) is 2. The first-order valence-corrected chi connectivity index (χ1v) is 13.3. The van der Waals surface area contributed by atoms with E-state index in [1.807, 2.05) is 24.3 Å². The minimum absolute atomic E-state index is 0. The van der Waals surface area contributed by atoms with Crippen LogP contribution in [0.25, 0.3) is 21.7 Å². The monoisotopic (exact) mass is 512 g/mol. The number of benzene rings is 1. The van der Waals surface area contributed by atoms with Crippen molar-refractivity contribution in [2.45, 2.75) is 50.7 Å². The summed E-state index contributed by atoms with van der Waals surface area (Å²) < 4.78 is 18.1. The van der Waals surface area contributed by atoms with Crippen molar-refractivity contribution in [2.75, 3.05) is 19.7 Å². The van der Waals surface area contributed by atoms with Crippen molar-refractivity contribution >= 4 is 34.0 Å². The Morgan fingerprint density at radius 3 is 2.54 bits per heavy atom. The van der Waals surface area contributed by atoms with Crippen LogP contribution >= 0.6 is 23.7 Å². The molecule has 1 aliphatic carbocycles. The zero-order valence-electron chi connectivity index (χ0n) is 20.1. The molecule has 0 bridgehead atoms. The number of nitrogens with one attached hydrogen (secondary N) is 1. The lowest BCUT2D eigenvalue weighted by Crippen LogP contribution is -2.34. The molecule has 6 rings (SSSR count). The first-order valence-electron chi connectivity index (χ1n) is 12.5. The predicted molar refractivity (Wildman–Crippen MR) is 144 cm³/mol. The molecule has 1 aromatic carbocycles. The van der Waals surface area contributed by atoms with Crippen LogP contribution in [0.1, 0.15) is 43.7 Å². The summed E-state index contributed by atoms with van der Waals surface area (Å²) in [5.74, 6) is 3.44. The van der Waals surface area contributed by atoms with Crippen molar-refractivity contribution in [3.63, 3.8) is 0 Å². The summed E-state index contributed by atoms with van der Waals surface area (Å²) in [7, 11) is 2.14. The summed E-state index contributed by atoms with van der Waals surface area (Å²) in [6, 6.07) is 12.5. The first-order chi connectivity index (χ1) is 16.7. The summed E-state index contributed by atoms with van der Waals surface area (Å²) in [6.07, 6.45) is 8.50. The van der Waals surface area contributed by atoms with E-state index < -0.39 is 0 Å². The SMILES string of the molecule is Cl.Cn1c(-c2nc(C3CCC3)cn2CCOc2ccc(OC3CCNCC3)cc2)cc2sccc21. The predicted octanol–water partition coefficient (Wildman–Crippen LogP) is 6.00. The van der Waals surface area contributed by atoms with Gasteiger partial charge in [0.05, 0.1) is 28.1 Å². The molecule has 1 N–H and O–H groups in total. The molecule has 1 saturated heterocycles. The van der Waals surface area contributed by atoms with Gasteiger partial charge in [0.1, 0.15) is 24.2 Å². The summed E-state index contributed by atoms with van der Waals surface area (Å²) in [4.78, 5) is 5.10. The second-order valence-corrected chi connectivity index (χ2v) is 10.4. The van der Waals surface area contributed by atoms with Crippen LogP contribution in [-0.2, 0) is 13.6 Å². The van der Waals surface area contributed by atoms with Crippen LogP contribution in [0.2, 0.25) is 0 Å². The Labute approximate surface area is 216 Å². The highest BCUT2D eigenvalue weighted by atomic mass is 35.5. The van der Waals surface area contributed by atoms with Crippen molar-refractivity contribution in [2.24, 2.45) is 7.05 Å².